The van der Waals surface area contributed by atoms with E-state index in [1.807, 2.05) is 0 Å². The van der Waals surface area contributed by atoms with Gasteiger partial charge in [-0.2, -0.15) is 4.98 Å². The van der Waals surface area contributed by atoms with Crippen LogP contribution in [0.15, 0.2) is 0 Å². The Hall–Kier alpha value is -1.26. The van der Waals surface area contributed by atoms with Gasteiger partial charge in [-0.15, -0.1) is 5.10 Å². The number of carbonyl (C=O) groups is 1. The number of hydrogen-bond acceptors (Lipinski definition) is 7. The quantitative estimate of drug-likeness (QED) is 0.484. The van der Waals surface area contributed by atoms with E-state index in [1.54, 1.807) is 0 Å². The summed E-state index contributed by atoms with van der Waals surface area (Å²) in [6.45, 7) is -0.482. The third-order valence-corrected chi connectivity index (χ3v) is 2.83. The molecule has 0 bridgehead atoms. The van der Waals surface area contributed by atoms with Crippen molar-refractivity contribution in [3.63, 3.8) is 0 Å². The van der Waals surface area contributed by atoms with Gasteiger partial charge in [-0.3, -0.25) is 4.79 Å². The Kier molecular flexibility index (Phi) is 3.50. The highest BCUT2D eigenvalue weighted by Gasteiger charge is 2.44. The highest BCUT2D eigenvalue weighted by molar-refractivity contribution is 6.28. The molecule has 1 saturated heterocycles. The Balaban J connectivity index is 2.29. The molecular weight excluding hydrogens is 268 g/mol. The number of nitrogens with two attached hydrogens (primary N) is 1. The van der Waals surface area contributed by atoms with E-state index in [4.69, 9.17) is 27.2 Å². The van der Waals surface area contributed by atoms with Crippen LogP contribution < -0.4 is 5.73 Å². The maximum Gasteiger partial charge on any atom is 0.288 e. The topological polar surface area (TPSA) is 144 Å². The zero-order valence-electron chi connectivity index (χ0n) is 8.97. The van der Waals surface area contributed by atoms with Gasteiger partial charge in [-0.05, 0) is 11.6 Å². The summed E-state index contributed by atoms with van der Waals surface area (Å²) >= 11 is 5.72. The normalized spacial score (nSPS) is 31.8. The van der Waals surface area contributed by atoms with Gasteiger partial charge in [-0.25, -0.2) is 4.68 Å². The van der Waals surface area contributed by atoms with Gasteiger partial charge in [0.25, 0.3) is 5.91 Å². The van der Waals surface area contributed by atoms with Crippen LogP contribution in [-0.4, -0.2) is 60.9 Å². The fraction of sp³-hybridized carbons (Fsp3) is 0.625. The molecule has 9 nitrogen and oxygen atoms in total. The summed E-state index contributed by atoms with van der Waals surface area (Å²) in [7, 11) is 0. The summed E-state index contributed by atoms with van der Waals surface area (Å²) in [5, 5.41) is 31.7. The van der Waals surface area contributed by atoms with Crippen molar-refractivity contribution in [2.45, 2.75) is 24.5 Å². The molecule has 10 heteroatoms. The van der Waals surface area contributed by atoms with E-state index in [-0.39, 0.29) is 11.1 Å². The monoisotopic (exact) mass is 278 g/mol. The lowest BCUT2D eigenvalue weighted by Crippen LogP contribution is -2.33. The minimum atomic E-state index is -1.36. The van der Waals surface area contributed by atoms with Gasteiger partial charge in [0.1, 0.15) is 18.3 Å². The molecule has 1 aliphatic heterocycles. The lowest BCUT2D eigenvalue weighted by atomic mass is 10.1. The molecule has 2 rings (SSSR count). The van der Waals surface area contributed by atoms with E-state index in [9.17, 15) is 15.0 Å². The Morgan fingerprint density at radius 1 is 1.50 bits per heavy atom. The molecule has 5 N–H and O–H groups in total. The number of halogens is 1. The maximum absolute atomic E-state index is 10.9. The fourth-order valence-corrected chi connectivity index (χ4v) is 1.87. The first-order valence-corrected chi connectivity index (χ1v) is 5.37. The van der Waals surface area contributed by atoms with Gasteiger partial charge in [-0.1, -0.05) is 0 Å². The third kappa shape index (κ3) is 2.06. The van der Waals surface area contributed by atoms with E-state index < -0.39 is 37.1 Å². The average Bonchev–Trinajstić information content (AvgIpc) is 2.83. The minimum absolute atomic E-state index is 0.223. The van der Waals surface area contributed by atoms with Gasteiger partial charge in [0, 0.05) is 0 Å². The first-order valence-electron chi connectivity index (χ1n) is 5.00. The standard InChI is InChI=1S/C8H11ClN4O5/c9-8-11-6(5(10)17)12-13(8)7-4(16)3(15)2(1-14)18-7/h2-4,7,14-16H,1H2,(H2,10,17)/t2-,3-,4-,7-/m1/s1. The van der Waals surface area contributed by atoms with Crippen LogP contribution in [-0.2, 0) is 4.74 Å². The number of ether oxygens (including phenoxy) is 1. The Morgan fingerprint density at radius 3 is 2.61 bits per heavy atom. The van der Waals surface area contributed by atoms with Crippen molar-refractivity contribution >= 4 is 17.5 Å². The molecule has 0 aromatic carbocycles. The highest BCUT2D eigenvalue weighted by Crippen LogP contribution is 2.30. The number of aliphatic hydroxyl groups is 3. The molecule has 2 heterocycles. The average molecular weight is 279 g/mol. The van der Waals surface area contributed by atoms with Crippen molar-refractivity contribution in [3.8, 4) is 0 Å². The smallest absolute Gasteiger partial charge is 0.288 e. The van der Waals surface area contributed by atoms with E-state index >= 15 is 0 Å². The molecule has 1 aromatic heterocycles. The second kappa shape index (κ2) is 4.78. The third-order valence-electron chi connectivity index (χ3n) is 2.57. The molecule has 1 fully saturated rings. The molecule has 0 aliphatic carbocycles. The fourth-order valence-electron chi connectivity index (χ4n) is 1.65. The lowest BCUT2D eigenvalue weighted by Gasteiger charge is -2.14. The second-order valence-corrected chi connectivity index (χ2v) is 4.08. The van der Waals surface area contributed by atoms with Crippen LogP contribution in [0.3, 0.4) is 0 Å². The van der Waals surface area contributed by atoms with Crippen LogP contribution in [0.1, 0.15) is 16.8 Å². The number of amides is 1. The number of primary amides is 1. The van der Waals surface area contributed by atoms with Gasteiger partial charge >= 0.3 is 0 Å². The van der Waals surface area contributed by atoms with E-state index in [0.717, 1.165) is 4.68 Å². The summed E-state index contributed by atoms with van der Waals surface area (Å²) < 4.78 is 6.09. The number of rotatable bonds is 3. The zero-order chi connectivity index (χ0) is 13.4. The lowest BCUT2D eigenvalue weighted by molar-refractivity contribution is -0.0586. The van der Waals surface area contributed by atoms with Gasteiger partial charge < -0.3 is 25.8 Å². The van der Waals surface area contributed by atoms with Crippen LogP contribution in [0.2, 0.25) is 5.28 Å². The molecule has 4 atom stereocenters. The maximum atomic E-state index is 10.9. The minimum Gasteiger partial charge on any atom is -0.394 e. The Bertz CT molecular complexity index is 466. The number of aliphatic hydroxyl groups excluding tert-OH is 3. The largest absolute Gasteiger partial charge is 0.394 e. The Morgan fingerprint density at radius 2 is 2.17 bits per heavy atom. The molecule has 0 spiro atoms. The van der Waals surface area contributed by atoms with Crippen molar-refractivity contribution in [1.82, 2.24) is 14.8 Å². The molecular formula is C8H11ClN4O5. The number of nitrogens with zero attached hydrogens (tertiary/aromatic N) is 3. The summed E-state index contributed by atoms with van der Waals surface area (Å²) in [5.41, 5.74) is 4.98. The van der Waals surface area contributed by atoms with E-state index in [1.165, 1.54) is 0 Å². The Labute approximate surface area is 106 Å². The van der Waals surface area contributed by atoms with E-state index in [2.05, 4.69) is 10.1 Å². The van der Waals surface area contributed by atoms with Crippen LogP contribution in [0.25, 0.3) is 0 Å². The van der Waals surface area contributed by atoms with Crippen LogP contribution >= 0.6 is 11.6 Å². The molecule has 0 saturated carbocycles. The molecule has 0 radical (unpaired) electrons. The molecule has 100 valence electrons. The zero-order valence-corrected chi connectivity index (χ0v) is 9.73. The van der Waals surface area contributed by atoms with Crippen molar-refractivity contribution in [2.24, 2.45) is 5.73 Å². The molecule has 1 aromatic rings. The number of hydrogen-bond donors (Lipinski definition) is 4. The first kappa shape index (κ1) is 13.2. The van der Waals surface area contributed by atoms with Crippen LogP contribution in [0.5, 0.6) is 0 Å². The predicted octanol–water partition coefficient (Wildman–Crippen LogP) is -2.36. The van der Waals surface area contributed by atoms with Crippen molar-refractivity contribution in [2.75, 3.05) is 6.61 Å². The van der Waals surface area contributed by atoms with Gasteiger partial charge in [0.15, 0.2) is 6.23 Å². The number of carbonyl (C=O) groups excluding carboxylic acids is 1. The van der Waals surface area contributed by atoms with Gasteiger partial charge in [0.05, 0.1) is 6.61 Å². The summed E-state index contributed by atoms with van der Waals surface area (Å²) in [5.74, 6) is -1.22. The van der Waals surface area contributed by atoms with Crippen molar-refractivity contribution < 1.29 is 24.9 Å². The molecule has 1 amide bonds. The number of aromatic nitrogens is 3. The van der Waals surface area contributed by atoms with Crippen molar-refractivity contribution in [1.29, 1.82) is 0 Å². The van der Waals surface area contributed by atoms with Crippen LogP contribution in [0, 0.1) is 0 Å². The van der Waals surface area contributed by atoms with Crippen LogP contribution in [0.4, 0.5) is 0 Å². The molecule has 1 aliphatic rings. The summed E-state index contributed by atoms with van der Waals surface area (Å²) in [6.07, 6.45) is -4.77. The van der Waals surface area contributed by atoms with Gasteiger partial charge in [0.2, 0.25) is 11.1 Å². The molecule has 0 unspecified atom stereocenters. The summed E-state index contributed by atoms with van der Waals surface area (Å²) in [4.78, 5) is 14.5. The SMILES string of the molecule is NC(=O)c1nc(Cl)n([C@@H]2O[C@H](CO)[C@@H](O)[C@H]2O)n1. The predicted molar refractivity (Wildman–Crippen MR) is 56.6 cm³/mol. The van der Waals surface area contributed by atoms with Crippen molar-refractivity contribution in [3.05, 3.63) is 11.1 Å². The summed E-state index contributed by atoms with van der Waals surface area (Å²) in [6, 6.07) is 0. The first-order chi connectivity index (χ1) is 8.45. The second-order valence-electron chi connectivity index (χ2n) is 3.74. The van der Waals surface area contributed by atoms with E-state index in [0.29, 0.717) is 0 Å². The molecule has 18 heavy (non-hydrogen) atoms. The highest BCUT2D eigenvalue weighted by atomic mass is 35.5.